The molecule has 1 fully saturated rings. The maximum absolute atomic E-state index is 5.36. The van der Waals surface area contributed by atoms with Crippen molar-refractivity contribution in [3.05, 3.63) is 59.7 Å². The van der Waals surface area contributed by atoms with E-state index < -0.39 is 0 Å². The van der Waals surface area contributed by atoms with Gasteiger partial charge in [0.05, 0.1) is 14.2 Å². The Bertz CT molecular complexity index is 761. The Labute approximate surface area is 161 Å². The Morgan fingerprint density at radius 1 is 1.04 bits per heavy atom. The quantitative estimate of drug-likeness (QED) is 0.556. The lowest BCUT2D eigenvalue weighted by molar-refractivity contribution is 0.354. The van der Waals surface area contributed by atoms with E-state index in [9.17, 15) is 0 Å². The topological polar surface area (TPSA) is 54.9 Å². The third kappa shape index (κ3) is 5.16. The average molecular weight is 367 g/mol. The Morgan fingerprint density at radius 3 is 2.52 bits per heavy atom. The van der Waals surface area contributed by atoms with Crippen molar-refractivity contribution in [1.29, 1.82) is 0 Å². The largest absolute Gasteiger partial charge is 0.493 e. The first-order valence-corrected chi connectivity index (χ1v) is 9.45. The number of guanidine groups is 1. The molecule has 3 rings (SSSR count). The number of aliphatic imine (C=N–C) groups is 1. The van der Waals surface area contributed by atoms with Gasteiger partial charge in [-0.05, 0) is 47.9 Å². The molecule has 0 saturated heterocycles. The van der Waals surface area contributed by atoms with Crippen LogP contribution in [0.2, 0.25) is 0 Å². The summed E-state index contributed by atoms with van der Waals surface area (Å²) in [6, 6.07) is 16.8. The minimum atomic E-state index is 0.684. The standard InChI is InChI=1S/C22H29N3O2/c1-23-22(25-15-18-14-19(18)17-7-5-4-6-8-17)24-12-11-16-9-10-20(26-2)21(13-16)27-3/h4-10,13,18-19H,11-12,14-15H2,1-3H3,(H2,23,24,25). The Morgan fingerprint density at radius 2 is 1.81 bits per heavy atom. The summed E-state index contributed by atoms with van der Waals surface area (Å²) in [5.41, 5.74) is 2.64. The Balaban J connectivity index is 1.41. The fourth-order valence-corrected chi connectivity index (χ4v) is 3.39. The molecule has 27 heavy (non-hydrogen) atoms. The van der Waals surface area contributed by atoms with Gasteiger partial charge in [0.25, 0.3) is 0 Å². The molecule has 0 radical (unpaired) electrons. The SMILES string of the molecule is CN=C(NCCc1ccc(OC)c(OC)c1)NCC1CC1c1ccccc1. The highest BCUT2D eigenvalue weighted by molar-refractivity contribution is 5.79. The van der Waals surface area contributed by atoms with Crippen molar-refractivity contribution in [2.45, 2.75) is 18.8 Å². The van der Waals surface area contributed by atoms with Crippen LogP contribution >= 0.6 is 0 Å². The predicted octanol–water partition coefficient (Wildman–Crippen LogP) is 3.22. The molecule has 1 aliphatic carbocycles. The summed E-state index contributed by atoms with van der Waals surface area (Å²) in [7, 11) is 5.12. The Hall–Kier alpha value is -2.69. The number of benzene rings is 2. The van der Waals surface area contributed by atoms with Crippen molar-refractivity contribution in [2.24, 2.45) is 10.9 Å². The van der Waals surface area contributed by atoms with Gasteiger partial charge in [0.15, 0.2) is 17.5 Å². The molecule has 2 N–H and O–H groups in total. The van der Waals surface area contributed by atoms with E-state index >= 15 is 0 Å². The van der Waals surface area contributed by atoms with E-state index in [1.165, 1.54) is 17.5 Å². The maximum Gasteiger partial charge on any atom is 0.190 e. The van der Waals surface area contributed by atoms with Gasteiger partial charge in [-0.2, -0.15) is 0 Å². The van der Waals surface area contributed by atoms with Crippen molar-refractivity contribution >= 4 is 5.96 Å². The van der Waals surface area contributed by atoms with Gasteiger partial charge in [-0.15, -0.1) is 0 Å². The predicted molar refractivity (Wildman–Crippen MR) is 110 cm³/mol. The van der Waals surface area contributed by atoms with Crippen LogP contribution in [0.15, 0.2) is 53.5 Å². The van der Waals surface area contributed by atoms with Crippen molar-refractivity contribution in [1.82, 2.24) is 10.6 Å². The highest BCUT2D eigenvalue weighted by Crippen LogP contribution is 2.46. The molecule has 0 spiro atoms. The molecule has 2 atom stereocenters. The summed E-state index contributed by atoms with van der Waals surface area (Å²) in [6.07, 6.45) is 2.14. The van der Waals surface area contributed by atoms with E-state index in [0.29, 0.717) is 11.8 Å². The lowest BCUT2D eigenvalue weighted by Gasteiger charge is -2.13. The average Bonchev–Trinajstić information content (AvgIpc) is 3.50. The number of methoxy groups -OCH3 is 2. The monoisotopic (exact) mass is 367 g/mol. The zero-order valence-corrected chi connectivity index (χ0v) is 16.4. The molecule has 2 unspecified atom stereocenters. The molecular weight excluding hydrogens is 338 g/mol. The summed E-state index contributed by atoms with van der Waals surface area (Å²) in [5, 5.41) is 6.84. The number of ether oxygens (including phenoxy) is 2. The highest BCUT2D eigenvalue weighted by atomic mass is 16.5. The van der Waals surface area contributed by atoms with E-state index in [2.05, 4.69) is 52.0 Å². The van der Waals surface area contributed by atoms with E-state index in [1.807, 2.05) is 19.2 Å². The van der Waals surface area contributed by atoms with E-state index in [-0.39, 0.29) is 0 Å². The number of hydrogen-bond donors (Lipinski definition) is 2. The number of nitrogens with one attached hydrogen (secondary N) is 2. The molecule has 0 heterocycles. The lowest BCUT2D eigenvalue weighted by atomic mass is 10.1. The van der Waals surface area contributed by atoms with E-state index in [4.69, 9.17) is 9.47 Å². The van der Waals surface area contributed by atoms with Crippen molar-refractivity contribution in [2.75, 3.05) is 34.4 Å². The zero-order valence-electron chi connectivity index (χ0n) is 16.4. The van der Waals surface area contributed by atoms with Crippen LogP contribution in [0.3, 0.4) is 0 Å². The summed E-state index contributed by atoms with van der Waals surface area (Å²) in [6.45, 7) is 1.76. The normalized spacial score (nSPS) is 18.7. The molecule has 2 aromatic carbocycles. The molecule has 0 amide bonds. The minimum Gasteiger partial charge on any atom is -0.493 e. The van der Waals surface area contributed by atoms with Gasteiger partial charge in [-0.1, -0.05) is 36.4 Å². The fraction of sp³-hybridized carbons (Fsp3) is 0.409. The van der Waals surface area contributed by atoms with Gasteiger partial charge in [-0.25, -0.2) is 0 Å². The molecule has 5 heteroatoms. The first kappa shape index (κ1) is 19.1. The summed E-state index contributed by atoms with van der Waals surface area (Å²) < 4.78 is 10.6. The highest BCUT2D eigenvalue weighted by Gasteiger charge is 2.37. The first-order valence-electron chi connectivity index (χ1n) is 9.45. The van der Waals surface area contributed by atoms with Crippen molar-refractivity contribution in [3.63, 3.8) is 0 Å². The van der Waals surface area contributed by atoms with Crippen LogP contribution in [-0.2, 0) is 6.42 Å². The lowest BCUT2D eigenvalue weighted by Crippen LogP contribution is -2.39. The second-order valence-corrected chi connectivity index (χ2v) is 6.83. The van der Waals surface area contributed by atoms with Crippen LogP contribution in [0.4, 0.5) is 0 Å². The van der Waals surface area contributed by atoms with Gasteiger partial charge in [-0.3, -0.25) is 4.99 Å². The van der Waals surface area contributed by atoms with Gasteiger partial charge in [0, 0.05) is 20.1 Å². The van der Waals surface area contributed by atoms with Crippen molar-refractivity contribution in [3.8, 4) is 11.5 Å². The number of rotatable bonds is 8. The van der Waals surface area contributed by atoms with Gasteiger partial charge in [0.1, 0.15) is 0 Å². The summed E-state index contributed by atoms with van der Waals surface area (Å²) >= 11 is 0. The van der Waals surface area contributed by atoms with Gasteiger partial charge >= 0.3 is 0 Å². The summed E-state index contributed by atoms with van der Waals surface area (Å²) in [5.74, 6) is 3.75. The molecule has 0 bridgehead atoms. The minimum absolute atomic E-state index is 0.684. The number of hydrogen-bond acceptors (Lipinski definition) is 3. The zero-order chi connectivity index (χ0) is 19.1. The molecule has 1 aliphatic rings. The second kappa shape index (κ2) is 9.31. The molecule has 0 aliphatic heterocycles. The molecule has 0 aromatic heterocycles. The summed E-state index contributed by atoms with van der Waals surface area (Å²) in [4.78, 5) is 4.33. The van der Waals surface area contributed by atoms with E-state index in [0.717, 1.165) is 37.0 Å². The first-order chi connectivity index (χ1) is 13.2. The van der Waals surface area contributed by atoms with Crippen LogP contribution in [0.1, 0.15) is 23.5 Å². The van der Waals surface area contributed by atoms with Crippen LogP contribution in [-0.4, -0.2) is 40.3 Å². The number of nitrogens with zero attached hydrogens (tertiary/aromatic N) is 1. The van der Waals surface area contributed by atoms with Crippen molar-refractivity contribution < 1.29 is 9.47 Å². The second-order valence-electron chi connectivity index (χ2n) is 6.83. The smallest absolute Gasteiger partial charge is 0.190 e. The van der Waals surface area contributed by atoms with Crippen LogP contribution in [0.25, 0.3) is 0 Å². The van der Waals surface area contributed by atoms with Crippen LogP contribution < -0.4 is 20.1 Å². The van der Waals surface area contributed by atoms with Crippen LogP contribution in [0.5, 0.6) is 11.5 Å². The van der Waals surface area contributed by atoms with Gasteiger partial charge < -0.3 is 20.1 Å². The third-order valence-electron chi connectivity index (χ3n) is 5.06. The molecular formula is C22H29N3O2. The maximum atomic E-state index is 5.36. The third-order valence-corrected chi connectivity index (χ3v) is 5.06. The van der Waals surface area contributed by atoms with Crippen LogP contribution in [0, 0.1) is 5.92 Å². The van der Waals surface area contributed by atoms with Gasteiger partial charge in [0.2, 0.25) is 0 Å². The molecule has 2 aromatic rings. The molecule has 144 valence electrons. The molecule has 1 saturated carbocycles. The Kier molecular flexibility index (Phi) is 6.58. The fourth-order valence-electron chi connectivity index (χ4n) is 3.39. The van der Waals surface area contributed by atoms with E-state index in [1.54, 1.807) is 14.2 Å². The molecule has 5 nitrogen and oxygen atoms in total.